The zero-order valence-corrected chi connectivity index (χ0v) is 9.97. The van der Waals surface area contributed by atoms with Crippen LogP contribution < -0.4 is 0 Å². The van der Waals surface area contributed by atoms with E-state index in [4.69, 9.17) is 0 Å². The predicted octanol–water partition coefficient (Wildman–Crippen LogP) is 2.87. The highest BCUT2D eigenvalue weighted by Gasteiger charge is 2.12. The van der Waals surface area contributed by atoms with Crippen molar-refractivity contribution in [2.75, 3.05) is 13.6 Å². The van der Waals surface area contributed by atoms with E-state index < -0.39 is 0 Å². The van der Waals surface area contributed by atoms with Gasteiger partial charge in [0.15, 0.2) is 0 Å². The molecule has 0 aromatic carbocycles. The van der Waals surface area contributed by atoms with Gasteiger partial charge in [0.25, 0.3) is 0 Å². The van der Waals surface area contributed by atoms with Crippen LogP contribution in [0, 0.1) is 5.92 Å². The first-order valence-corrected chi connectivity index (χ1v) is 6.07. The summed E-state index contributed by atoms with van der Waals surface area (Å²) in [5.41, 5.74) is 1.30. The van der Waals surface area contributed by atoms with Gasteiger partial charge in [-0.3, -0.25) is 4.98 Å². The Morgan fingerprint density at radius 2 is 2.38 bits per heavy atom. The summed E-state index contributed by atoms with van der Waals surface area (Å²) < 4.78 is 0. The first-order valence-electron chi connectivity index (χ1n) is 6.07. The summed E-state index contributed by atoms with van der Waals surface area (Å²) >= 11 is 0. The van der Waals surface area contributed by atoms with E-state index >= 15 is 0 Å². The number of aromatic nitrogens is 1. The third-order valence-corrected chi connectivity index (χ3v) is 3.12. The quantitative estimate of drug-likeness (QED) is 0.719. The smallest absolute Gasteiger partial charge is 0.0312 e. The highest BCUT2D eigenvalue weighted by molar-refractivity contribution is 5.08. The molecule has 1 heterocycles. The van der Waals surface area contributed by atoms with Crippen LogP contribution in [0.1, 0.15) is 24.8 Å². The second-order valence-electron chi connectivity index (χ2n) is 4.71. The maximum absolute atomic E-state index is 4.15. The van der Waals surface area contributed by atoms with Crippen LogP contribution in [0.25, 0.3) is 0 Å². The Labute approximate surface area is 98.0 Å². The lowest BCUT2D eigenvalue weighted by atomic mass is 9.94. The molecular weight excluding hydrogens is 196 g/mol. The molecule has 1 aromatic rings. The van der Waals surface area contributed by atoms with Gasteiger partial charge in [0.05, 0.1) is 0 Å². The van der Waals surface area contributed by atoms with E-state index in [-0.39, 0.29) is 0 Å². The Morgan fingerprint density at radius 1 is 1.44 bits per heavy atom. The van der Waals surface area contributed by atoms with Crippen molar-refractivity contribution in [2.24, 2.45) is 5.92 Å². The summed E-state index contributed by atoms with van der Waals surface area (Å²) in [5, 5.41) is 0. The molecule has 1 aliphatic carbocycles. The van der Waals surface area contributed by atoms with Crippen LogP contribution in [0.5, 0.6) is 0 Å². The van der Waals surface area contributed by atoms with E-state index in [1.54, 1.807) is 0 Å². The molecule has 1 unspecified atom stereocenters. The second-order valence-corrected chi connectivity index (χ2v) is 4.71. The van der Waals surface area contributed by atoms with E-state index in [2.05, 4.69) is 35.1 Å². The Hall–Kier alpha value is -1.15. The largest absolute Gasteiger partial charge is 0.302 e. The van der Waals surface area contributed by atoms with E-state index in [1.807, 2.05) is 18.5 Å². The molecule has 0 fully saturated rings. The van der Waals surface area contributed by atoms with Gasteiger partial charge in [-0.25, -0.2) is 0 Å². The van der Waals surface area contributed by atoms with Gasteiger partial charge in [-0.15, -0.1) is 0 Å². The lowest BCUT2D eigenvalue weighted by molar-refractivity contribution is 0.258. The van der Waals surface area contributed by atoms with Crippen LogP contribution in [-0.4, -0.2) is 23.5 Å². The number of rotatable bonds is 4. The van der Waals surface area contributed by atoms with Crippen molar-refractivity contribution < 1.29 is 0 Å². The minimum atomic E-state index is 0.840. The molecule has 1 atom stereocenters. The van der Waals surface area contributed by atoms with E-state index in [0.717, 1.165) is 12.5 Å². The Balaban J connectivity index is 1.80. The zero-order chi connectivity index (χ0) is 11.2. The molecule has 16 heavy (non-hydrogen) atoms. The third kappa shape index (κ3) is 3.46. The van der Waals surface area contributed by atoms with Crippen molar-refractivity contribution in [3.63, 3.8) is 0 Å². The van der Waals surface area contributed by atoms with Crippen molar-refractivity contribution in [3.8, 4) is 0 Å². The van der Waals surface area contributed by atoms with Gasteiger partial charge in [0, 0.05) is 25.5 Å². The van der Waals surface area contributed by atoms with Crippen molar-refractivity contribution in [2.45, 2.75) is 25.8 Å². The summed E-state index contributed by atoms with van der Waals surface area (Å²) in [6, 6.07) is 4.15. The highest BCUT2D eigenvalue weighted by atomic mass is 15.1. The first-order chi connectivity index (χ1) is 7.84. The van der Waals surface area contributed by atoms with E-state index in [0.29, 0.717) is 0 Å². The molecule has 0 saturated carbocycles. The summed E-state index contributed by atoms with van der Waals surface area (Å²) in [5.74, 6) is 0.840. The molecule has 86 valence electrons. The average Bonchev–Trinajstić information content (AvgIpc) is 2.31. The van der Waals surface area contributed by atoms with Gasteiger partial charge in [-0.05, 0) is 43.9 Å². The first kappa shape index (κ1) is 11.3. The molecule has 2 nitrogen and oxygen atoms in total. The van der Waals surface area contributed by atoms with Crippen molar-refractivity contribution in [1.82, 2.24) is 9.88 Å². The maximum Gasteiger partial charge on any atom is 0.0312 e. The topological polar surface area (TPSA) is 16.1 Å². The molecule has 2 rings (SSSR count). The lowest BCUT2D eigenvalue weighted by Crippen LogP contribution is -2.25. The number of pyridine rings is 1. The minimum absolute atomic E-state index is 0.840. The van der Waals surface area contributed by atoms with Crippen LogP contribution in [0.2, 0.25) is 0 Å². The van der Waals surface area contributed by atoms with Gasteiger partial charge < -0.3 is 4.90 Å². The molecule has 2 heteroatoms. The fourth-order valence-corrected chi connectivity index (χ4v) is 2.33. The Kier molecular flexibility index (Phi) is 4.11. The normalized spacial score (nSPS) is 20.2. The zero-order valence-electron chi connectivity index (χ0n) is 9.97. The monoisotopic (exact) mass is 216 g/mol. The SMILES string of the molecule is CN(Cc1cccnc1)CC1CC=CCC1. The summed E-state index contributed by atoms with van der Waals surface area (Å²) in [6.07, 6.45) is 12.3. The molecule has 0 saturated heterocycles. The maximum atomic E-state index is 4.15. The molecule has 0 N–H and O–H groups in total. The number of hydrogen-bond donors (Lipinski definition) is 0. The highest BCUT2D eigenvalue weighted by Crippen LogP contribution is 2.19. The molecule has 1 aromatic heterocycles. The fraction of sp³-hybridized carbons (Fsp3) is 0.500. The third-order valence-electron chi connectivity index (χ3n) is 3.12. The van der Waals surface area contributed by atoms with Crippen molar-refractivity contribution >= 4 is 0 Å². The van der Waals surface area contributed by atoms with Crippen LogP contribution in [0.3, 0.4) is 0 Å². The molecule has 0 spiro atoms. The Morgan fingerprint density at radius 3 is 3.06 bits per heavy atom. The fourth-order valence-electron chi connectivity index (χ4n) is 2.33. The van der Waals surface area contributed by atoms with Crippen molar-refractivity contribution in [3.05, 3.63) is 42.2 Å². The van der Waals surface area contributed by atoms with Gasteiger partial charge in [0.2, 0.25) is 0 Å². The van der Waals surface area contributed by atoms with Gasteiger partial charge in [0.1, 0.15) is 0 Å². The molecule has 0 aliphatic heterocycles. The number of hydrogen-bond acceptors (Lipinski definition) is 2. The Bertz CT molecular complexity index is 332. The van der Waals surface area contributed by atoms with Crippen LogP contribution in [-0.2, 0) is 6.54 Å². The lowest BCUT2D eigenvalue weighted by Gasteiger charge is -2.24. The summed E-state index contributed by atoms with van der Waals surface area (Å²) in [6.45, 7) is 2.20. The minimum Gasteiger partial charge on any atom is -0.302 e. The van der Waals surface area contributed by atoms with E-state index in [9.17, 15) is 0 Å². The molecule has 0 radical (unpaired) electrons. The van der Waals surface area contributed by atoms with Crippen LogP contribution in [0.15, 0.2) is 36.7 Å². The van der Waals surface area contributed by atoms with Crippen LogP contribution >= 0.6 is 0 Å². The number of nitrogens with zero attached hydrogens (tertiary/aromatic N) is 2. The van der Waals surface area contributed by atoms with E-state index in [1.165, 1.54) is 31.4 Å². The molecule has 1 aliphatic rings. The van der Waals surface area contributed by atoms with Crippen LogP contribution in [0.4, 0.5) is 0 Å². The number of allylic oxidation sites excluding steroid dienone is 2. The van der Waals surface area contributed by atoms with Crippen molar-refractivity contribution in [1.29, 1.82) is 0 Å². The average molecular weight is 216 g/mol. The van der Waals surface area contributed by atoms with Gasteiger partial charge >= 0.3 is 0 Å². The van der Waals surface area contributed by atoms with Gasteiger partial charge in [-0.1, -0.05) is 18.2 Å². The summed E-state index contributed by atoms with van der Waals surface area (Å²) in [4.78, 5) is 6.55. The standard InChI is InChI=1S/C14H20N2/c1-16(11-13-6-3-2-4-7-13)12-14-8-5-9-15-10-14/h2-3,5,8-10,13H,4,6-7,11-12H2,1H3. The van der Waals surface area contributed by atoms with Gasteiger partial charge in [-0.2, -0.15) is 0 Å². The summed E-state index contributed by atoms with van der Waals surface area (Å²) in [7, 11) is 2.20. The predicted molar refractivity (Wildman–Crippen MR) is 67.1 cm³/mol. The molecule has 0 bridgehead atoms. The molecular formula is C14H20N2. The second kappa shape index (κ2) is 5.80. The molecule has 0 amide bonds.